The number of halogens is 1. The molecule has 0 radical (unpaired) electrons. The molecule has 118 valence electrons. The van der Waals surface area contributed by atoms with Gasteiger partial charge in [0.1, 0.15) is 17.9 Å². The Labute approximate surface area is 135 Å². The maximum Gasteiger partial charge on any atom is 0.341 e. The standard InChI is InChI=1S/C16H17NO4.ClH/c1-19-16(18)12-7-9-20-14(12)10-21-13-6-2-4-11-5-3-8-17-15(11)13;/h2,4,6-7,9,17H,3,5,8,10H2,1H3;1H. The highest BCUT2D eigenvalue weighted by Gasteiger charge is 2.17. The Morgan fingerprint density at radius 3 is 3.05 bits per heavy atom. The summed E-state index contributed by atoms with van der Waals surface area (Å²) < 4.78 is 15.8. The highest BCUT2D eigenvalue weighted by Crippen LogP contribution is 2.32. The molecule has 1 N–H and O–H groups in total. The van der Waals surface area contributed by atoms with Crippen molar-refractivity contribution >= 4 is 24.1 Å². The molecule has 2 aromatic rings. The van der Waals surface area contributed by atoms with Crippen LogP contribution in [0.4, 0.5) is 5.69 Å². The van der Waals surface area contributed by atoms with Crippen LogP contribution in [0.3, 0.4) is 0 Å². The zero-order valence-electron chi connectivity index (χ0n) is 12.3. The minimum atomic E-state index is -0.421. The van der Waals surface area contributed by atoms with Crippen LogP contribution in [0.1, 0.15) is 28.1 Å². The van der Waals surface area contributed by atoms with E-state index in [9.17, 15) is 4.79 Å². The fourth-order valence-electron chi connectivity index (χ4n) is 2.49. The molecular weight excluding hydrogens is 306 g/mol. The predicted octanol–water partition coefficient (Wildman–Crippen LogP) is 3.43. The van der Waals surface area contributed by atoms with Gasteiger partial charge in [0.25, 0.3) is 0 Å². The van der Waals surface area contributed by atoms with Gasteiger partial charge in [-0.25, -0.2) is 4.79 Å². The predicted molar refractivity (Wildman–Crippen MR) is 84.9 cm³/mol. The van der Waals surface area contributed by atoms with Gasteiger partial charge in [-0.15, -0.1) is 12.4 Å². The summed E-state index contributed by atoms with van der Waals surface area (Å²) in [6, 6.07) is 7.58. The van der Waals surface area contributed by atoms with Crippen molar-refractivity contribution in [2.45, 2.75) is 19.4 Å². The first-order chi connectivity index (χ1) is 10.3. The van der Waals surface area contributed by atoms with Crippen LogP contribution >= 0.6 is 12.4 Å². The minimum Gasteiger partial charge on any atom is -0.483 e. The Kier molecular flexibility index (Phi) is 5.33. The van der Waals surface area contributed by atoms with Crippen molar-refractivity contribution in [3.63, 3.8) is 0 Å². The number of fused-ring (bicyclic) bond motifs is 1. The van der Waals surface area contributed by atoms with Crippen LogP contribution in [-0.4, -0.2) is 19.6 Å². The average Bonchev–Trinajstić information content (AvgIpc) is 3.00. The number of ether oxygens (including phenoxy) is 2. The summed E-state index contributed by atoms with van der Waals surface area (Å²) in [7, 11) is 1.34. The van der Waals surface area contributed by atoms with Crippen LogP contribution in [0.5, 0.6) is 5.75 Å². The highest BCUT2D eigenvalue weighted by molar-refractivity contribution is 5.90. The molecule has 6 heteroatoms. The molecule has 0 aliphatic carbocycles. The van der Waals surface area contributed by atoms with Crippen molar-refractivity contribution in [1.82, 2.24) is 0 Å². The number of carbonyl (C=O) groups is 1. The van der Waals surface area contributed by atoms with E-state index >= 15 is 0 Å². The van der Waals surface area contributed by atoms with E-state index < -0.39 is 5.97 Å². The van der Waals surface area contributed by atoms with Crippen LogP contribution in [0.15, 0.2) is 34.9 Å². The van der Waals surface area contributed by atoms with Gasteiger partial charge >= 0.3 is 5.97 Å². The first kappa shape index (κ1) is 16.2. The number of aryl methyl sites for hydroxylation is 1. The summed E-state index contributed by atoms with van der Waals surface area (Å²) in [6.45, 7) is 1.14. The number of rotatable bonds is 4. The molecule has 0 amide bonds. The van der Waals surface area contributed by atoms with Gasteiger partial charge in [-0.2, -0.15) is 0 Å². The third-order valence-corrected chi connectivity index (χ3v) is 3.55. The van der Waals surface area contributed by atoms with Gasteiger partial charge in [0.05, 0.1) is 19.1 Å². The van der Waals surface area contributed by atoms with Crippen molar-refractivity contribution in [2.75, 3.05) is 19.0 Å². The van der Waals surface area contributed by atoms with Crippen molar-refractivity contribution in [3.05, 3.63) is 47.4 Å². The van der Waals surface area contributed by atoms with E-state index in [1.165, 1.54) is 18.9 Å². The van der Waals surface area contributed by atoms with Gasteiger partial charge in [0, 0.05) is 6.54 Å². The van der Waals surface area contributed by atoms with E-state index in [1.807, 2.05) is 12.1 Å². The number of anilines is 1. The van der Waals surface area contributed by atoms with Crippen LogP contribution in [0.2, 0.25) is 0 Å². The van der Waals surface area contributed by atoms with E-state index in [2.05, 4.69) is 11.4 Å². The van der Waals surface area contributed by atoms with Crippen molar-refractivity contribution in [1.29, 1.82) is 0 Å². The Morgan fingerprint density at radius 1 is 1.36 bits per heavy atom. The summed E-state index contributed by atoms with van der Waals surface area (Å²) in [5.74, 6) is 0.824. The number of furan rings is 1. The molecule has 0 saturated carbocycles. The van der Waals surface area contributed by atoms with Crippen LogP contribution in [0.25, 0.3) is 0 Å². The molecule has 0 bridgehead atoms. The molecule has 1 aliphatic heterocycles. The van der Waals surface area contributed by atoms with Crippen LogP contribution in [0, 0.1) is 0 Å². The SMILES string of the molecule is COC(=O)c1ccoc1COc1cccc2c1NCCC2.Cl. The van der Waals surface area contributed by atoms with Gasteiger partial charge in [-0.3, -0.25) is 0 Å². The van der Waals surface area contributed by atoms with E-state index in [0.29, 0.717) is 11.3 Å². The third kappa shape index (κ3) is 3.20. The topological polar surface area (TPSA) is 60.7 Å². The number of hydrogen-bond acceptors (Lipinski definition) is 5. The van der Waals surface area contributed by atoms with E-state index in [1.54, 1.807) is 6.07 Å². The van der Waals surface area contributed by atoms with E-state index in [4.69, 9.17) is 13.9 Å². The quantitative estimate of drug-likeness (QED) is 0.873. The van der Waals surface area contributed by atoms with Gasteiger partial charge in [-0.1, -0.05) is 12.1 Å². The number of methoxy groups -OCH3 is 1. The van der Waals surface area contributed by atoms with Gasteiger partial charge in [0.15, 0.2) is 5.76 Å². The number of nitrogens with one attached hydrogen (secondary N) is 1. The maximum atomic E-state index is 11.6. The number of esters is 1. The fraction of sp³-hybridized carbons (Fsp3) is 0.312. The van der Waals surface area contributed by atoms with Gasteiger partial charge in [-0.05, 0) is 30.5 Å². The minimum absolute atomic E-state index is 0. The molecule has 1 aromatic heterocycles. The lowest BCUT2D eigenvalue weighted by molar-refractivity contribution is 0.0595. The van der Waals surface area contributed by atoms with Crippen molar-refractivity contribution < 1.29 is 18.7 Å². The number of hydrogen-bond donors (Lipinski definition) is 1. The summed E-state index contributed by atoms with van der Waals surface area (Å²) in [4.78, 5) is 11.6. The van der Waals surface area contributed by atoms with Crippen LogP contribution in [-0.2, 0) is 17.8 Å². The zero-order valence-corrected chi connectivity index (χ0v) is 13.1. The second-order valence-corrected chi connectivity index (χ2v) is 4.86. The molecule has 1 aromatic carbocycles. The van der Waals surface area contributed by atoms with Crippen molar-refractivity contribution in [2.24, 2.45) is 0 Å². The molecule has 22 heavy (non-hydrogen) atoms. The number of para-hydroxylation sites is 1. The number of carbonyl (C=O) groups excluding carboxylic acids is 1. The lowest BCUT2D eigenvalue weighted by Crippen LogP contribution is -2.13. The Morgan fingerprint density at radius 2 is 2.23 bits per heavy atom. The third-order valence-electron chi connectivity index (χ3n) is 3.55. The second kappa shape index (κ2) is 7.22. The lowest BCUT2D eigenvalue weighted by atomic mass is 10.0. The molecule has 3 rings (SSSR count). The molecule has 0 spiro atoms. The first-order valence-electron chi connectivity index (χ1n) is 6.93. The maximum absolute atomic E-state index is 11.6. The lowest BCUT2D eigenvalue weighted by Gasteiger charge is -2.21. The molecule has 0 atom stereocenters. The highest BCUT2D eigenvalue weighted by atomic mass is 35.5. The smallest absolute Gasteiger partial charge is 0.341 e. The molecule has 2 heterocycles. The Hall–Kier alpha value is -2.14. The van der Waals surface area contributed by atoms with E-state index in [0.717, 1.165) is 30.8 Å². The van der Waals surface area contributed by atoms with Gasteiger partial charge in [0.2, 0.25) is 0 Å². The average molecular weight is 324 g/mol. The summed E-state index contributed by atoms with van der Waals surface area (Å²) in [6.07, 6.45) is 3.64. The van der Waals surface area contributed by atoms with Crippen molar-refractivity contribution in [3.8, 4) is 5.75 Å². The fourth-order valence-corrected chi connectivity index (χ4v) is 2.49. The molecule has 5 nitrogen and oxygen atoms in total. The summed E-state index contributed by atoms with van der Waals surface area (Å²) in [5.41, 5.74) is 2.69. The van der Waals surface area contributed by atoms with Gasteiger partial charge < -0.3 is 19.2 Å². The normalized spacial score (nSPS) is 12.6. The monoisotopic (exact) mass is 323 g/mol. The molecule has 1 aliphatic rings. The Balaban J connectivity index is 0.00000176. The number of benzene rings is 1. The molecule has 0 unspecified atom stereocenters. The molecular formula is C16H18ClNO4. The second-order valence-electron chi connectivity index (χ2n) is 4.86. The van der Waals surface area contributed by atoms with E-state index in [-0.39, 0.29) is 19.0 Å². The largest absolute Gasteiger partial charge is 0.483 e. The van der Waals surface area contributed by atoms with Crippen LogP contribution < -0.4 is 10.1 Å². The first-order valence-corrected chi connectivity index (χ1v) is 6.93. The molecule has 0 saturated heterocycles. The summed E-state index contributed by atoms with van der Waals surface area (Å²) >= 11 is 0. The summed E-state index contributed by atoms with van der Waals surface area (Å²) in [5, 5.41) is 3.36. The molecule has 0 fully saturated rings. The Bertz CT molecular complexity index is 653. The zero-order chi connectivity index (χ0) is 14.7.